The summed E-state index contributed by atoms with van der Waals surface area (Å²) in [6.07, 6.45) is 1.56. The van der Waals surface area contributed by atoms with Crippen LogP contribution in [-0.4, -0.2) is 0 Å². The average molecular weight is 243 g/mol. The third-order valence-corrected chi connectivity index (χ3v) is 2.58. The maximum atomic E-state index is 11.2. The third kappa shape index (κ3) is 1.13. The molecule has 0 bridgehead atoms. The van der Waals surface area contributed by atoms with Crippen molar-refractivity contribution < 1.29 is 8.83 Å². The predicted molar refractivity (Wildman–Crippen MR) is 51.0 cm³/mol. The molecule has 0 aromatic carbocycles. The Morgan fingerprint density at radius 3 is 2.69 bits per heavy atom. The van der Waals surface area contributed by atoms with Gasteiger partial charge in [0.25, 0.3) is 0 Å². The van der Waals surface area contributed by atoms with Crippen molar-refractivity contribution in [1.29, 1.82) is 0 Å². The molecule has 0 spiro atoms. The minimum absolute atomic E-state index is 0.305. The Morgan fingerprint density at radius 1 is 1.38 bits per heavy atom. The number of halogens is 1. The molecule has 2 aliphatic rings. The Labute approximate surface area is 82.8 Å². The molecule has 0 N–H and O–H groups in total. The second kappa shape index (κ2) is 2.73. The minimum atomic E-state index is -0.305. The summed E-state index contributed by atoms with van der Waals surface area (Å²) in [5.41, 5.74) is 1.11. The number of rotatable bonds is 0. The zero-order valence-electron chi connectivity index (χ0n) is 7.18. The van der Waals surface area contributed by atoms with E-state index in [2.05, 4.69) is 15.9 Å². The zero-order chi connectivity index (χ0) is 9.59. The molecule has 68 valence electrons. The molecule has 0 amide bonds. The highest BCUT2D eigenvalue weighted by Gasteiger charge is 2.20. The van der Waals surface area contributed by atoms with Crippen molar-refractivity contribution in [2.45, 2.75) is 13.8 Å². The molecular formula is C9H7BrO3. The summed E-state index contributed by atoms with van der Waals surface area (Å²) < 4.78 is 10.9. The lowest BCUT2D eigenvalue weighted by molar-refractivity contribution is 0.467. The van der Waals surface area contributed by atoms with E-state index in [4.69, 9.17) is 8.83 Å². The predicted octanol–water partition coefficient (Wildman–Crippen LogP) is 2.72. The Kier molecular flexibility index (Phi) is 1.80. The van der Waals surface area contributed by atoms with Crippen LogP contribution in [0.15, 0.2) is 24.4 Å². The summed E-state index contributed by atoms with van der Waals surface area (Å²) in [6, 6.07) is 0. The third-order valence-electron chi connectivity index (χ3n) is 2.00. The van der Waals surface area contributed by atoms with Crippen molar-refractivity contribution in [2.75, 3.05) is 0 Å². The van der Waals surface area contributed by atoms with Crippen molar-refractivity contribution in [3.63, 3.8) is 0 Å². The first-order valence-corrected chi connectivity index (χ1v) is 4.57. The van der Waals surface area contributed by atoms with Crippen molar-refractivity contribution in [3.05, 3.63) is 32.5 Å². The van der Waals surface area contributed by atoms with Crippen molar-refractivity contribution in [3.8, 4) is 11.3 Å². The SMILES string of the molecule is Cc1occ(Br)c2c(C)c(=O)oc1-2. The van der Waals surface area contributed by atoms with Crippen molar-refractivity contribution in [1.82, 2.24) is 0 Å². The maximum absolute atomic E-state index is 11.2. The molecule has 0 unspecified atom stereocenters. The summed E-state index contributed by atoms with van der Waals surface area (Å²) >= 11 is 3.30. The Balaban J connectivity index is 2.97. The molecule has 0 radical (unpaired) electrons. The molecule has 0 aromatic rings. The van der Waals surface area contributed by atoms with Gasteiger partial charge in [-0.2, -0.15) is 0 Å². The molecule has 0 saturated carbocycles. The van der Waals surface area contributed by atoms with Crippen molar-refractivity contribution in [2.24, 2.45) is 0 Å². The van der Waals surface area contributed by atoms with Crippen LogP contribution in [0.5, 0.6) is 0 Å². The molecule has 0 aliphatic carbocycles. The number of furan rings is 1. The maximum Gasteiger partial charge on any atom is 0.340 e. The monoisotopic (exact) mass is 242 g/mol. The fourth-order valence-electron chi connectivity index (χ4n) is 1.28. The lowest BCUT2D eigenvalue weighted by atomic mass is 10.1. The fourth-order valence-corrected chi connectivity index (χ4v) is 1.85. The van der Waals surface area contributed by atoms with E-state index in [1.54, 1.807) is 20.1 Å². The van der Waals surface area contributed by atoms with Crippen LogP contribution in [0.2, 0.25) is 0 Å². The first kappa shape index (κ1) is 8.56. The molecule has 4 heteroatoms. The van der Waals surface area contributed by atoms with Gasteiger partial charge in [0.05, 0.1) is 4.47 Å². The van der Waals surface area contributed by atoms with Gasteiger partial charge in [-0.3, -0.25) is 0 Å². The minimum Gasteiger partial charge on any atom is -0.465 e. The Bertz CT molecular complexity index is 481. The number of hydrogen-bond donors (Lipinski definition) is 0. The van der Waals surface area contributed by atoms with Crippen LogP contribution in [0, 0.1) is 13.8 Å². The summed E-state index contributed by atoms with van der Waals surface area (Å²) in [5, 5.41) is 0. The van der Waals surface area contributed by atoms with E-state index in [-0.39, 0.29) is 5.63 Å². The number of fused-ring (bicyclic) bond motifs is 1. The largest absolute Gasteiger partial charge is 0.465 e. The van der Waals surface area contributed by atoms with Crippen LogP contribution in [0.4, 0.5) is 0 Å². The van der Waals surface area contributed by atoms with Gasteiger partial charge in [-0.15, -0.1) is 0 Å². The molecule has 0 saturated heterocycles. The van der Waals surface area contributed by atoms with Crippen LogP contribution < -0.4 is 5.63 Å². The van der Waals surface area contributed by atoms with Crippen molar-refractivity contribution >= 4 is 15.9 Å². The summed E-state index contributed by atoms with van der Waals surface area (Å²) in [5.74, 6) is 1.14. The quantitative estimate of drug-likeness (QED) is 0.714. The molecule has 2 aliphatic heterocycles. The molecule has 13 heavy (non-hydrogen) atoms. The van der Waals surface area contributed by atoms with Gasteiger partial charge >= 0.3 is 5.63 Å². The van der Waals surface area contributed by atoms with Gasteiger partial charge < -0.3 is 8.83 Å². The fraction of sp³-hybridized carbons (Fsp3) is 0.222. The molecule has 2 rings (SSSR count). The first-order chi connectivity index (χ1) is 6.11. The van der Waals surface area contributed by atoms with E-state index in [1.165, 1.54) is 0 Å². The highest BCUT2D eigenvalue weighted by molar-refractivity contribution is 9.10. The highest BCUT2D eigenvalue weighted by atomic mass is 79.9. The van der Waals surface area contributed by atoms with E-state index in [0.29, 0.717) is 17.1 Å². The standard InChI is InChI=1S/C9H7BrO3/c1-4-7-6(10)3-12-5(2)8(7)13-9(4)11/h3H,1-2H3. The number of hydrogen-bond acceptors (Lipinski definition) is 3. The van der Waals surface area contributed by atoms with E-state index >= 15 is 0 Å². The van der Waals surface area contributed by atoms with Gasteiger partial charge in [-0.05, 0) is 29.8 Å². The molecule has 3 nitrogen and oxygen atoms in total. The van der Waals surface area contributed by atoms with E-state index < -0.39 is 0 Å². The van der Waals surface area contributed by atoms with Gasteiger partial charge in [0.2, 0.25) is 0 Å². The molecule has 0 fully saturated rings. The van der Waals surface area contributed by atoms with Gasteiger partial charge in [0, 0.05) is 11.1 Å². The molecular weight excluding hydrogens is 236 g/mol. The lowest BCUT2D eigenvalue weighted by Crippen LogP contribution is -1.93. The van der Waals surface area contributed by atoms with Gasteiger partial charge in [0.15, 0.2) is 5.76 Å². The summed E-state index contributed by atoms with van der Waals surface area (Å²) in [4.78, 5) is 11.2. The smallest absolute Gasteiger partial charge is 0.340 e. The summed E-state index contributed by atoms with van der Waals surface area (Å²) in [7, 11) is 0. The topological polar surface area (TPSA) is 43.4 Å². The lowest BCUT2D eigenvalue weighted by Gasteiger charge is -2.02. The highest BCUT2D eigenvalue weighted by Crippen LogP contribution is 2.34. The second-order valence-electron chi connectivity index (χ2n) is 2.86. The van der Waals surface area contributed by atoms with E-state index in [9.17, 15) is 4.79 Å². The first-order valence-electron chi connectivity index (χ1n) is 3.78. The Hall–Kier alpha value is -1.03. The van der Waals surface area contributed by atoms with Crippen LogP contribution in [0.1, 0.15) is 11.3 Å². The van der Waals surface area contributed by atoms with Crippen LogP contribution >= 0.6 is 15.9 Å². The van der Waals surface area contributed by atoms with Gasteiger partial charge in [-0.1, -0.05) is 0 Å². The second-order valence-corrected chi connectivity index (χ2v) is 3.71. The molecule has 0 atom stereocenters. The van der Waals surface area contributed by atoms with E-state index in [1.807, 2.05) is 0 Å². The van der Waals surface area contributed by atoms with Gasteiger partial charge in [-0.25, -0.2) is 4.79 Å². The zero-order valence-corrected chi connectivity index (χ0v) is 8.77. The summed E-state index contributed by atoms with van der Waals surface area (Å²) in [6.45, 7) is 3.50. The average Bonchev–Trinajstić information content (AvgIpc) is 2.38. The normalized spacial score (nSPS) is 11.0. The molecule has 0 aromatic heterocycles. The Morgan fingerprint density at radius 2 is 2.08 bits per heavy atom. The van der Waals surface area contributed by atoms with Crippen LogP contribution in [0.25, 0.3) is 11.3 Å². The van der Waals surface area contributed by atoms with Crippen LogP contribution in [-0.2, 0) is 0 Å². The van der Waals surface area contributed by atoms with Crippen LogP contribution in [0.3, 0.4) is 0 Å². The molecule has 2 heterocycles. The van der Waals surface area contributed by atoms with Gasteiger partial charge in [0.1, 0.15) is 12.0 Å². The van der Waals surface area contributed by atoms with E-state index in [0.717, 1.165) is 10.0 Å². The number of aryl methyl sites for hydroxylation is 1.